The van der Waals surface area contributed by atoms with Crippen LogP contribution < -0.4 is 0 Å². The van der Waals surface area contributed by atoms with Crippen molar-refractivity contribution in [1.82, 2.24) is 0 Å². The van der Waals surface area contributed by atoms with E-state index in [1.165, 1.54) is 0 Å². The van der Waals surface area contributed by atoms with Crippen LogP contribution in [0.1, 0.15) is 44.9 Å². The second-order valence-corrected chi connectivity index (χ2v) is 4.13. The molecular weight excluding hydrogens is 260 g/mol. The van der Waals surface area contributed by atoms with Crippen LogP contribution in [-0.4, -0.2) is 30.2 Å². The molecule has 7 heteroatoms. The minimum absolute atomic E-state index is 0.146. The van der Waals surface area contributed by atoms with Crippen LogP contribution in [0.2, 0.25) is 0 Å². The Morgan fingerprint density at radius 3 is 2.06 bits per heavy atom. The molecule has 0 aliphatic heterocycles. The summed E-state index contributed by atoms with van der Waals surface area (Å²) in [5.41, 5.74) is 0. The van der Waals surface area contributed by atoms with Gasteiger partial charge < -0.3 is 4.74 Å². The topological polar surface area (TPSA) is 74.2 Å². The van der Waals surface area contributed by atoms with E-state index in [4.69, 9.17) is 9.99 Å². The predicted octanol–water partition coefficient (Wildman–Crippen LogP) is 2.54. The molecule has 18 heavy (non-hydrogen) atoms. The summed E-state index contributed by atoms with van der Waals surface area (Å²) in [6.07, 6.45) is 7.29. The smallest absolute Gasteiger partial charge is 0.315 e. The van der Waals surface area contributed by atoms with E-state index in [2.05, 4.69) is 27.6 Å². The van der Waals surface area contributed by atoms with Crippen molar-refractivity contribution in [3.63, 3.8) is 0 Å². The van der Waals surface area contributed by atoms with Crippen molar-refractivity contribution in [1.29, 1.82) is 0 Å². The lowest BCUT2D eigenvalue weighted by atomic mass is 10.1. The molecule has 0 aromatic carbocycles. The Bertz CT molecular complexity index is 190. The fourth-order valence-electron chi connectivity index (χ4n) is 1.43. The second kappa shape index (κ2) is 14.7. The molecule has 0 rings (SSSR count). The number of rotatable bonds is 13. The van der Waals surface area contributed by atoms with Gasteiger partial charge >= 0.3 is 5.97 Å². The monoisotopic (exact) mass is 282 g/mol. The van der Waals surface area contributed by atoms with Crippen LogP contribution in [-0.2, 0) is 24.5 Å². The van der Waals surface area contributed by atoms with Gasteiger partial charge in [0.25, 0.3) is 0 Å². The Morgan fingerprint density at radius 2 is 1.50 bits per heavy atom. The molecule has 0 radical (unpaired) electrons. The summed E-state index contributed by atoms with van der Waals surface area (Å²) in [5, 5.41) is 14.9. The van der Waals surface area contributed by atoms with Gasteiger partial charge in [-0.25, -0.2) is 10.1 Å². The molecule has 0 aromatic rings. The quantitative estimate of drug-likeness (QED) is 0.178. The molecule has 0 bridgehead atoms. The van der Waals surface area contributed by atoms with Gasteiger partial charge in [0.05, 0.1) is 19.0 Å². The highest BCUT2D eigenvalue weighted by molar-refractivity contribution is 7.81. The lowest BCUT2D eigenvalue weighted by molar-refractivity contribution is -0.623. The lowest BCUT2D eigenvalue weighted by Gasteiger charge is -2.03. The van der Waals surface area contributed by atoms with Crippen molar-refractivity contribution in [3.8, 4) is 0 Å². The second-order valence-electron chi connectivity index (χ2n) is 3.82. The van der Waals surface area contributed by atoms with E-state index in [-0.39, 0.29) is 11.7 Å². The van der Waals surface area contributed by atoms with Crippen LogP contribution in [0.15, 0.2) is 0 Å². The molecule has 0 spiro atoms. The zero-order valence-corrected chi connectivity index (χ0v) is 11.4. The molecule has 0 saturated carbocycles. The van der Waals surface area contributed by atoms with Crippen LogP contribution >= 0.6 is 12.6 Å². The average molecular weight is 282 g/mol. The first-order chi connectivity index (χ1) is 8.81. The van der Waals surface area contributed by atoms with Gasteiger partial charge in [0.2, 0.25) is 0 Å². The van der Waals surface area contributed by atoms with Crippen molar-refractivity contribution in [2.24, 2.45) is 0 Å². The molecule has 0 fully saturated rings. The van der Waals surface area contributed by atoms with Crippen molar-refractivity contribution >= 4 is 18.6 Å². The lowest BCUT2D eigenvalue weighted by Crippen LogP contribution is -2.06. The molecule has 0 amide bonds. The van der Waals surface area contributed by atoms with E-state index >= 15 is 0 Å². The SMILES string of the molecule is O=C(CS)OCCCCCCCCCOOOO. The summed E-state index contributed by atoms with van der Waals surface area (Å²) < 4.78 is 4.90. The number of thiol groups is 1. The van der Waals surface area contributed by atoms with E-state index in [1.807, 2.05) is 0 Å². The summed E-state index contributed by atoms with van der Waals surface area (Å²) in [6, 6.07) is 0. The first kappa shape index (κ1) is 17.7. The number of hydrogen-bond acceptors (Lipinski definition) is 7. The zero-order valence-electron chi connectivity index (χ0n) is 10.5. The highest BCUT2D eigenvalue weighted by Gasteiger charge is 1.98. The third-order valence-corrected chi connectivity index (χ3v) is 2.60. The number of carbonyl (C=O) groups excluding carboxylic acids is 1. The predicted molar refractivity (Wildman–Crippen MR) is 67.9 cm³/mol. The van der Waals surface area contributed by atoms with Crippen LogP contribution in [0, 0.1) is 0 Å². The molecule has 0 heterocycles. The fraction of sp³-hybridized carbons (Fsp3) is 0.909. The van der Waals surface area contributed by atoms with Gasteiger partial charge in [0, 0.05) is 0 Å². The van der Waals surface area contributed by atoms with Gasteiger partial charge in [0.15, 0.2) is 0 Å². The average Bonchev–Trinajstić information content (AvgIpc) is 2.39. The summed E-state index contributed by atoms with van der Waals surface area (Å²) in [6.45, 7) is 0.895. The van der Waals surface area contributed by atoms with Gasteiger partial charge in [-0.1, -0.05) is 32.1 Å². The summed E-state index contributed by atoms with van der Waals surface area (Å²) in [7, 11) is 0. The highest BCUT2D eigenvalue weighted by Crippen LogP contribution is 2.07. The minimum atomic E-state index is -0.257. The Balaban J connectivity index is 2.97. The molecule has 0 saturated heterocycles. The van der Waals surface area contributed by atoms with Crippen molar-refractivity contribution in [2.45, 2.75) is 44.9 Å². The maximum Gasteiger partial charge on any atom is 0.315 e. The van der Waals surface area contributed by atoms with Crippen LogP contribution in [0.3, 0.4) is 0 Å². The van der Waals surface area contributed by atoms with Gasteiger partial charge in [-0.15, -0.1) is 0 Å². The molecule has 0 atom stereocenters. The summed E-state index contributed by atoms with van der Waals surface area (Å²) in [5.74, 6) is -0.111. The molecule has 0 unspecified atom stereocenters. The van der Waals surface area contributed by atoms with E-state index in [0.717, 1.165) is 44.9 Å². The largest absolute Gasteiger partial charge is 0.465 e. The number of hydrogen-bond donors (Lipinski definition) is 2. The van der Waals surface area contributed by atoms with Gasteiger partial charge in [0.1, 0.15) is 0 Å². The van der Waals surface area contributed by atoms with E-state index in [1.54, 1.807) is 0 Å². The minimum Gasteiger partial charge on any atom is -0.465 e. The van der Waals surface area contributed by atoms with Crippen molar-refractivity contribution in [3.05, 3.63) is 0 Å². The number of carbonyl (C=O) groups is 1. The number of ether oxygens (including phenoxy) is 1. The highest BCUT2D eigenvalue weighted by atomic mass is 32.1. The first-order valence-corrected chi connectivity index (χ1v) is 6.80. The van der Waals surface area contributed by atoms with Crippen molar-refractivity contribution < 1.29 is 29.8 Å². The maximum absolute atomic E-state index is 10.7. The molecule has 0 aliphatic rings. The third-order valence-electron chi connectivity index (χ3n) is 2.34. The van der Waals surface area contributed by atoms with Gasteiger partial charge in [-0.2, -0.15) is 12.6 Å². The fourth-order valence-corrected chi connectivity index (χ4v) is 1.53. The Morgan fingerprint density at radius 1 is 0.944 bits per heavy atom. The van der Waals surface area contributed by atoms with Crippen LogP contribution in [0.4, 0.5) is 0 Å². The molecular formula is C11H22O6S. The van der Waals surface area contributed by atoms with E-state index < -0.39 is 0 Å². The number of unbranched alkanes of at least 4 members (excludes halogenated alkanes) is 6. The normalized spacial score (nSPS) is 10.6. The van der Waals surface area contributed by atoms with E-state index in [9.17, 15) is 4.79 Å². The molecule has 0 aliphatic carbocycles. The first-order valence-electron chi connectivity index (χ1n) is 6.17. The van der Waals surface area contributed by atoms with E-state index in [0.29, 0.717) is 13.2 Å². The van der Waals surface area contributed by atoms with Crippen LogP contribution in [0.5, 0.6) is 0 Å². The number of esters is 1. The van der Waals surface area contributed by atoms with Gasteiger partial charge in [-0.3, -0.25) is 4.79 Å². The molecule has 0 aromatic heterocycles. The maximum atomic E-state index is 10.7. The third kappa shape index (κ3) is 13.7. The van der Waals surface area contributed by atoms with Crippen molar-refractivity contribution in [2.75, 3.05) is 19.0 Å². The summed E-state index contributed by atoms with van der Waals surface area (Å²) >= 11 is 3.81. The Hall–Kier alpha value is -0.340. The zero-order chi connectivity index (χ0) is 13.5. The molecule has 108 valence electrons. The summed E-state index contributed by atoms with van der Waals surface area (Å²) in [4.78, 5) is 15.2. The Kier molecular flexibility index (Phi) is 14.4. The van der Waals surface area contributed by atoms with Crippen LogP contribution in [0.25, 0.3) is 0 Å². The molecule has 6 nitrogen and oxygen atoms in total. The standard InChI is InChI=1S/C11H22O6S/c12-11(10-18)14-8-6-4-2-1-3-5-7-9-15-17-16-13/h13,18H,1-10H2. The van der Waals surface area contributed by atoms with Gasteiger partial charge in [-0.05, 0) is 22.9 Å². The Labute approximate surface area is 113 Å². The molecule has 1 N–H and O–H groups in total.